The lowest BCUT2D eigenvalue weighted by atomic mass is 9.85. The lowest BCUT2D eigenvalue weighted by Gasteiger charge is -2.30. The van der Waals surface area contributed by atoms with Crippen molar-refractivity contribution in [3.8, 4) is 17.1 Å². The minimum absolute atomic E-state index is 0.0366. The summed E-state index contributed by atoms with van der Waals surface area (Å²) in [6.07, 6.45) is 6.65. The predicted octanol–water partition coefficient (Wildman–Crippen LogP) is 6.30. The van der Waals surface area contributed by atoms with Gasteiger partial charge in [-0.3, -0.25) is 0 Å². The lowest BCUT2D eigenvalue weighted by Crippen LogP contribution is -2.25. The summed E-state index contributed by atoms with van der Waals surface area (Å²) in [5.41, 5.74) is 0.746. The lowest BCUT2D eigenvalue weighted by molar-refractivity contribution is 0.343. The fraction of sp³-hybridized carbons (Fsp3) is 0.320. The Morgan fingerprint density at radius 2 is 1.62 bits per heavy atom. The molecule has 1 saturated carbocycles. The molecule has 150 valence electrons. The van der Waals surface area contributed by atoms with Gasteiger partial charge in [0.2, 0.25) is 0 Å². The van der Waals surface area contributed by atoms with Gasteiger partial charge in [0.05, 0.1) is 5.56 Å². The van der Waals surface area contributed by atoms with Crippen LogP contribution in [-0.2, 0) is 6.42 Å². The minimum Gasteiger partial charge on any atom is -0.507 e. The second-order valence-electron chi connectivity index (χ2n) is 7.70. The molecule has 3 aromatic rings. The highest BCUT2D eigenvalue weighted by Gasteiger charge is 2.27. The molecule has 0 bridgehead atoms. The fourth-order valence-electron chi connectivity index (χ4n) is 4.12. The van der Waals surface area contributed by atoms with Gasteiger partial charge in [-0.25, -0.2) is 4.79 Å². The summed E-state index contributed by atoms with van der Waals surface area (Å²) in [6, 6.07) is 21.3. The van der Waals surface area contributed by atoms with E-state index < -0.39 is 5.63 Å². The van der Waals surface area contributed by atoms with Crippen LogP contribution in [0, 0.1) is 5.92 Å². The highest BCUT2D eigenvalue weighted by atomic mass is 32.2. The summed E-state index contributed by atoms with van der Waals surface area (Å²) in [4.78, 5) is 14.0. The maximum atomic E-state index is 12.8. The standard InChI is InChI=1S/C25H26O3S/c26-22-17-23(18-10-4-1-5-11-18)28-25(27)21(22)16-24(19-12-6-2-7-13-19)29-20-14-8-3-9-15-20/h1,3-5,8-11,14-15,17,19,24,26H,2,6-7,12-13,16H2. The second kappa shape index (κ2) is 9.36. The number of aromatic hydroxyl groups is 1. The predicted molar refractivity (Wildman–Crippen MR) is 118 cm³/mol. The molecule has 0 saturated heterocycles. The van der Waals surface area contributed by atoms with E-state index in [9.17, 15) is 9.90 Å². The molecule has 1 unspecified atom stereocenters. The van der Waals surface area contributed by atoms with Crippen molar-refractivity contribution >= 4 is 11.8 Å². The van der Waals surface area contributed by atoms with E-state index in [1.54, 1.807) is 6.07 Å². The summed E-state index contributed by atoms with van der Waals surface area (Å²) in [7, 11) is 0. The van der Waals surface area contributed by atoms with Crippen LogP contribution < -0.4 is 5.63 Å². The van der Waals surface area contributed by atoms with E-state index in [1.165, 1.54) is 37.0 Å². The SMILES string of the molecule is O=c1oc(-c2ccccc2)cc(O)c1CC(Sc1ccccc1)C1CCCCC1. The number of hydrogen-bond donors (Lipinski definition) is 1. The normalized spacial score (nSPS) is 15.9. The number of hydrogen-bond acceptors (Lipinski definition) is 4. The molecule has 1 aromatic heterocycles. The first-order valence-corrected chi connectivity index (χ1v) is 11.2. The van der Waals surface area contributed by atoms with E-state index in [4.69, 9.17) is 4.42 Å². The molecule has 1 atom stereocenters. The van der Waals surface area contributed by atoms with Crippen molar-refractivity contribution in [1.29, 1.82) is 0 Å². The molecular weight excluding hydrogens is 380 g/mol. The zero-order valence-electron chi connectivity index (χ0n) is 16.4. The third-order valence-electron chi connectivity index (χ3n) is 5.70. The van der Waals surface area contributed by atoms with Crippen LogP contribution in [-0.4, -0.2) is 10.4 Å². The summed E-state index contributed by atoms with van der Waals surface area (Å²) in [5, 5.41) is 10.9. The molecule has 1 fully saturated rings. The Balaban J connectivity index is 1.62. The van der Waals surface area contributed by atoms with Crippen LogP contribution in [0.1, 0.15) is 37.7 Å². The van der Waals surface area contributed by atoms with E-state index in [-0.39, 0.29) is 11.0 Å². The Bertz CT molecular complexity index is 976. The fourth-order valence-corrected chi connectivity index (χ4v) is 5.50. The molecule has 1 heterocycles. The third-order valence-corrected chi connectivity index (χ3v) is 7.09. The van der Waals surface area contributed by atoms with Crippen molar-refractivity contribution in [2.24, 2.45) is 5.92 Å². The van der Waals surface area contributed by atoms with Gasteiger partial charge >= 0.3 is 5.63 Å². The molecular formula is C25H26O3S. The molecule has 3 nitrogen and oxygen atoms in total. The van der Waals surface area contributed by atoms with E-state index in [0.29, 0.717) is 23.7 Å². The summed E-state index contributed by atoms with van der Waals surface area (Å²) < 4.78 is 5.59. The van der Waals surface area contributed by atoms with Crippen molar-refractivity contribution in [1.82, 2.24) is 0 Å². The number of benzene rings is 2. The Morgan fingerprint density at radius 3 is 2.28 bits per heavy atom. The molecule has 1 aliphatic rings. The summed E-state index contributed by atoms with van der Waals surface area (Å²) in [5.74, 6) is 0.984. The van der Waals surface area contributed by atoms with Crippen molar-refractivity contribution in [3.63, 3.8) is 0 Å². The first-order valence-electron chi connectivity index (χ1n) is 10.3. The number of rotatable bonds is 6. The van der Waals surface area contributed by atoms with E-state index in [2.05, 4.69) is 12.1 Å². The van der Waals surface area contributed by atoms with Crippen LogP contribution in [0.5, 0.6) is 5.75 Å². The van der Waals surface area contributed by atoms with Gasteiger partial charge in [-0.15, -0.1) is 11.8 Å². The van der Waals surface area contributed by atoms with Gasteiger partial charge < -0.3 is 9.52 Å². The van der Waals surface area contributed by atoms with Crippen LogP contribution in [0.3, 0.4) is 0 Å². The van der Waals surface area contributed by atoms with Gasteiger partial charge in [0.1, 0.15) is 11.5 Å². The summed E-state index contributed by atoms with van der Waals surface area (Å²) in [6.45, 7) is 0. The van der Waals surface area contributed by atoms with Crippen molar-refractivity contribution in [3.05, 3.63) is 82.7 Å². The van der Waals surface area contributed by atoms with Crippen LogP contribution in [0.4, 0.5) is 0 Å². The second-order valence-corrected chi connectivity index (χ2v) is 9.01. The molecule has 29 heavy (non-hydrogen) atoms. The van der Waals surface area contributed by atoms with E-state index in [1.807, 2.05) is 60.3 Å². The first kappa shape index (κ1) is 19.8. The molecule has 1 N–H and O–H groups in total. The Kier molecular flexibility index (Phi) is 6.40. The third kappa shape index (κ3) is 4.94. The smallest absolute Gasteiger partial charge is 0.343 e. The highest BCUT2D eigenvalue weighted by Crippen LogP contribution is 2.38. The van der Waals surface area contributed by atoms with Crippen LogP contribution in [0.15, 0.2) is 80.8 Å². The van der Waals surface area contributed by atoms with Crippen LogP contribution in [0.25, 0.3) is 11.3 Å². The molecule has 1 aliphatic carbocycles. The van der Waals surface area contributed by atoms with Gasteiger partial charge in [0.25, 0.3) is 0 Å². The molecule has 4 heteroatoms. The van der Waals surface area contributed by atoms with Gasteiger partial charge in [-0.2, -0.15) is 0 Å². The molecule has 2 aromatic carbocycles. The van der Waals surface area contributed by atoms with Crippen LogP contribution >= 0.6 is 11.8 Å². The zero-order chi connectivity index (χ0) is 20.1. The van der Waals surface area contributed by atoms with Crippen molar-refractivity contribution in [2.45, 2.75) is 48.7 Å². The summed E-state index contributed by atoms with van der Waals surface area (Å²) >= 11 is 1.82. The molecule has 4 rings (SSSR count). The highest BCUT2D eigenvalue weighted by molar-refractivity contribution is 8.00. The van der Waals surface area contributed by atoms with Gasteiger partial charge in [0, 0.05) is 21.8 Å². The molecule has 0 radical (unpaired) electrons. The molecule has 0 aliphatic heterocycles. The largest absolute Gasteiger partial charge is 0.507 e. The van der Waals surface area contributed by atoms with Crippen molar-refractivity contribution < 1.29 is 9.52 Å². The quantitative estimate of drug-likeness (QED) is 0.488. The average Bonchev–Trinajstić information content (AvgIpc) is 2.77. The Hall–Kier alpha value is -2.46. The maximum absolute atomic E-state index is 12.8. The van der Waals surface area contributed by atoms with Gasteiger partial charge in [-0.05, 0) is 37.3 Å². The average molecular weight is 407 g/mol. The minimum atomic E-state index is -0.432. The molecule has 0 amide bonds. The maximum Gasteiger partial charge on any atom is 0.343 e. The van der Waals surface area contributed by atoms with Gasteiger partial charge in [0.15, 0.2) is 0 Å². The molecule has 0 spiro atoms. The van der Waals surface area contributed by atoms with E-state index in [0.717, 1.165) is 5.56 Å². The number of thioether (sulfide) groups is 1. The Morgan fingerprint density at radius 1 is 0.966 bits per heavy atom. The monoisotopic (exact) mass is 406 g/mol. The van der Waals surface area contributed by atoms with Gasteiger partial charge in [-0.1, -0.05) is 67.8 Å². The van der Waals surface area contributed by atoms with Crippen LogP contribution in [0.2, 0.25) is 0 Å². The first-order chi connectivity index (χ1) is 14.2. The van der Waals surface area contributed by atoms with Crippen molar-refractivity contribution in [2.75, 3.05) is 0 Å². The Labute approximate surface area is 175 Å². The topological polar surface area (TPSA) is 50.4 Å². The zero-order valence-corrected chi connectivity index (χ0v) is 17.2. The van der Waals surface area contributed by atoms with E-state index >= 15 is 0 Å².